The van der Waals surface area contributed by atoms with E-state index in [4.69, 9.17) is 4.42 Å². The minimum Gasteiger partial charge on any atom is -0.464 e. The number of benzene rings is 2. The van der Waals surface area contributed by atoms with E-state index in [1.807, 2.05) is 48.5 Å². The van der Waals surface area contributed by atoms with E-state index in [9.17, 15) is 19.6 Å². The van der Waals surface area contributed by atoms with Crippen molar-refractivity contribution in [1.29, 1.82) is 0 Å². The minimum atomic E-state index is -1.70. The Morgan fingerprint density at radius 3 is 2.63 bits per heavy atom. The first-order valence-corrected chi connectivity index (χ1v) is 10.0. The van der Waals surface area contributed by atoms with Crippen molar-refractivity contribution in [1.82, 2.24) is 5.32 Å². The zero-order chi connectivity index (χ0) is 21.1. The third kappa shape index (κ3) is 4.40. The Morgan fingerprint density at radius 1 is 1.17 bits per heavy atom. The number of carbonyl (C=O) groups excluding carboxylic acids is 2. The highest BCUT2D eigenvalue weighted by atomic mass is 16.4. The average molecular weight is 406 g/mol. The Hall–Kier alpha value is -3.10. The van der Waals surface area contributed by atoms with Gasteiger partial charge in [-0.2, -0.15) is 0 Å². The molecule has 3 aromatic rings. The number of hydrogen-bond donors (Lipinski definition) is 3. The van der Waals surface area contributed by atoms with Gasteiger partial charge in [-0.15, -0.1) is 0 Å². The monoisotopic (exact) mass is 406 g/mol. The predicted octanol–water partition coefficient (Wildman–Crippen LogP) is 1.84. The van der Waals surface area contributed by atoms with Crippen molar-refractivity contribution < 1.29 is 24.1 Å². The van der Waals surface area contributed by atoms with Gasteiger partial charge >= 0.3 is 7.12 Å². The molecule has 0 radical (unpaired) electrons. The standard InChI is InChI=1S/C22H23BN2O5/c26-21(12-15-7-9-17(10-8-15)25-11-3-6-22(25)27)24-20(23(28)29)13-16-14-30-19-5-2-1-4-18(16)19/h1-2,4-5,7-10,14,20,28-29H,3,6,11-13H2,(H,24,26). The highest BCUT2D eigenvalue weighted by Gasteiger charge is 2.27. The summed E-state index contributed by atoms with van der Waals surface area (Å²) >= 11 is 0. The largest absolute Gasteiger partial charge is 0.475 e. The van der Waals surface area contributed by atoms with Gasteiger partial charge in [-0.1, -0.05) is 30.3 Å². The van der Waals surface area contributed by atoms with Gasteiger partial charge in [-0.25, -0.2) is 0 Å². The summed E-state index contributed by atoms with van der Waals surface area (Å²) in [6, 6.07) is 14.8. The average Bonchev–Trinajstić information content (AvgIpc) is 3.34. The number of amides is 2. The van der Waals surface area contributed by atoms with Gasteiger partial charge in [0.1, 0.15) is 5.58 Å². The lowest BCUT2D eigenvalue weighted by Gasteiger charge is -2.18. The molecule has 1 saturated heterocycles. The summed E-state index contributed by atoms with van der Waals surface area (Å²) in [6.45, 7) is 0.720. The van der Waals surface area contributed by atoms with E-state index in [1.54, 1.807) is 11.2 Å². The molecule has 1 aliphatic rings. The van der Waals surface area contributed by atoms with E-state index >= 15 is 0 Å². The van der Waals surface area contributed by atoms with Crippen LogP contribution in [0.25, 0.3) is 11.0 Å². The maximum absolute atomic E-state index is 12.5. The van der Waals surface area contributed by atoms with E-state index < -0.39 is 13.1 Å². The fraction of sp³-hybridized carbons (Fsp3) is 0.273. The van der Waals surface area contributed by atoms with Crippen molar-refractivity contribution in [2.45, 2.75) is 31.6 Å². The molecule has 2 heterocycles. The fourth-order valence-corrected chi connectivity index (χ4v) is 3.82. The summed E-state index contributed by atoms with van der Waals surface area (Å²) in [5.74, 6) is -1.06. The van der Waals surface area contributed by atoms with Gasteiger partial charge in [0, 0.05) is 24.0 Å². The number of fused-ring (bicyclic) bond motifs is 1. The molecule has 1 aliphatic heterocycles. The summed E-state index contributed by atoms with van der Waals surface area (Å²) in [5.41, 5.74) is 3.12. The Balaban J connectivity index is 1.39. The number of carbonyl (C=O) groups is 2. The summed E-state index contributed by atoms with van der Waals surface area (Å²) < 4.78 is 5.49. The van der Waals surface area contributed by atoms with E-state index in [2.05, 4.69) is 5.32 Å². The van der Waals surface area contributed by atoms with Gasteiger partial charge in [0.25, 0.3) is 0 Å². The summed E-state index contributed by atoms with van der Waals surface area (Å²) in [6.07, 6.45) is 3.34. The molecule has 1 atom stereocenters. The molecule has 2 aromatic carbocycles. The minimum absolute atomic E-state index is 0.101. The molecule has 0 bridgehead atoms. The lowest BCUT2D eigenvalue weighted by molar-refractivity contribution is -0.121. The van der Waals surface area contributed by atoms with E-state index in [-0.39, 0.29) is 24.7 Å². The molecule has 7 nitrogen and oxygen atoms in total. The van der Waals surface area contributed by atoms with Gasteiger partial charge < -0.3 is 24.7 Å². The number of rotatable bonds is 7. The first kappa shape index (κ1) is 20.2. The van der Waals surface area contributed by atoms with Crippen LogP contribution < -0.4 is 10.2 Å². The molecule has 0 saturated carbocycles. The Labute approximate surface area is 174 Å². The maximum Gasteiger partial charge on any atom is 0.475 e. The van der Waals surface area contributed by atoms with Gasteiger partial charge in [-0.05, 0) is 42.2 Å². The van der Waals surface area contributed by atoms with Crippen LogP contribution in [-0.2, 0) is 22.4 Å². The molecule has 0 spiro atoms. The van der Waals surface area contributed by atoms with Crippen LogP contribution in [0.2, 0.25) is 0 Å². The van der Waals surface area contributed by atoms with Crippen LogP contribution in [0, 0.1) is 0 Å². The molecule has 1 unspecified atom stereocenters. The second-order valence-corrected chi connectivity index (χ2v) is 7.54. The van der Waals surface area contributed by atoms with Crippen molar-refractivity contribution in [3.8, 4) is 0 Å². The Morgan fingerprint density at radius 2 is 1.93 bits per heavy atom. The quantitative estimate of drug-likeness (QED) is 0.520. The van der Waals surface area contributed by atoms with Crippen LogP contribution in [0.4, 0.5) is 5.69 Å². The molecule has 4 rings (SSSR count). The molecule has 1 fully saturated rings. The molecule has 30 heavy (non-hydrogen) atoms. The highest BCUT2D eigenvalue weighted by molar-refractivity contribution is 6.43. The topological polar surface area (TPSA) is 103 Å². The number of anilines is 1. The van der Waals surface area contributed by atoms with Crippen molar-refractivity contribution in [3.63, 3.8) is 0 Å². The first-order valence-electron chi connectivity index (χ1n) is 10.0. The summed E-state index contributed by atoms with van der Waals surface area (Å²) in [5, 5.41) is 23.1. The van der Waals surface area contributed by atoms with Crippen LogP contribution in [0.5, 0.6) is 0 Å². The van der Waals surface area contributed by atoms with Crippen LogP contribution in [0.3, 0.4) is 0 Å². The smallest absolute Gasteiger partial charge is 0.464 e. The van der Waals surface area contributed by atoms with Gasteiger partial charge in [0.05, 0.1) is 18.6 Å². The first-order chi connectivity index (χ1) is 14.5. The summed E-state index contributed by atoms with van der Waals surface area (Å²) in [4.78, 5) is 26.1. The number of hydrogen-bond acceptors (Lipinski definition) is 5. The number of nitrogens with zero attached hydrogens (tertiary/aromatic N) is 1. The normalized spacial score (nSPS) is 14.9. The molecule has 0 aliphatic carbocycles. The molecule has 3 N–H and O–H groups in total. The number of nitrogens with one attached hydrogen (secondary N) is 1. The van der Waals surface area contributed by atoms with Gasteiger partial charge in [0.2, 0.25) is 11.8 Å². The van der Waals surface area contributed by atoms with E-state index in [0.717, 1.165) is 35.2 Å². The van der Waals surface area contributed by atoms with E-state index in [1.165, 1.54) is 0 Å². The lowest BCUT2D eigenvalue weighted by Crippen LogP contribution is -2.48. The van der Waals surface area contributed by atoms with Crippen molar-refractivity contribution in [2.75, 3.05) is 11.4 Å². The fourth-order valence-electron chi connectivity index (χ4n) is 3.82. The number of furan rings is 1. The Kier molecular flexibility index (Phi) is 5.87. The highest BCUT2D eigenvalue weighted by Crippen LogP contribution is 2.23. The van der Waals surface area contributed by atoms with E-state index in [0.29, 0.717) is 12.0 Å². The molecule has 154 valence electrons. The van der Waals surface area contributed by atoms with Crippen LogP contribution >= 0.6 is 0 Å². The third-order valence-electron chi connectivity index (χ3n) is 5.39. The third-order valence-corrected chi connectivity index (χ3v) is 5.39. The molecule has 2 amide bonds. The second kappa shape index (κ2) is 8.73. The lowest BCUT2D eigenvalue weighted by atomic mass is 9.75. The summed E-state index contributed by atoms with van der Waals surface area (Å²) in [7, 11) is -1.70. The SMILES string of the molecule is O=C(Cc1ccc(N2CCCC2=O)cc1)NC(Cc1coc2ccccc12)B(O)O. The zero-order valence-corrected chi connectivity index (χ0v) is 16.5. The molecule has 1 aromatic heterocycles. The zero-order valence-electron chi connectivity index (χ0n) is 16.5. The molecule has 8 heteroatoms. The van der Waals surface area contributed by atoms with Gasteiger partial charge in [-0.3, -0.25) is 9.59 Å². The van der Waals surface area contributed by atoms with Crippen molar-refractivity contribution in [3.05, 3.63) is 65.9 Å². The molecular formula is C22H23BN2O5. The molecular weight excluding hydrogens is 383 g/mol. The van der Waals surface area contributed by atoms with Crippen LogP contribution in [0.15, 0.2) is 59.2 Å². The number of para-hydroxylation sites is 1. The van der Waals surface area contributed by atoms with Crippen molar-refractivity contribution >= 4 is 35.6 Å². The maximum atomic E-state index is 12.5. The second-order valence-electron chi connectivity index (χ2n) is 7.54. The van der Waals surface area contributed by atoms with Gasteiger partial charge in [0.15, 0.2) is 0 Å². The Bertz CT molecular complexity index is 1050. The van der Waals surface area contributed by atoms with Crippen LogP contribution in [0.1, 0.15) is 24.0 Å². The predicted molar refractivity (Wildman–Crippen MR) is 114 cm³/mol. The van der Waals surface area contributed by atoms with Crippen LogP contribution in [-0.4, -0.2) is 41.5 Å². The van der Waals surface area contributed by atoms with Crippen molar-refractivity contribution in [2.24, 2.45) is 0 Å².